The molecule has 36 heavy (non-hydrogen) atoms. The second-order valence-electron chi connectivity index (χ2n) is 9.27. The highest BCUT2D eigenvalue weighted by molar-refractivity contribution is 7.19. The van der Waals surface area contributed by atoms with Crippen molar-refractivity contribution in [1.82, 2.24) is 10.4 Å². The van der Waals surface area contributed by atoms with Crippen LogP contribution in [-0.2, 0) is 6.42 Å². The van der Waals surface area contributed by atoms with Gasteiger partial charge in [0.25, 0.3) is 0 Å². The van der Waals surface area contributed by atoms with Gasteiger partial charge in [-0.2, -0.15) is 0 Å². The normalized spacial score (nSPS) is 17.2. The smallest absolute Gasteiger partial charge is 0.207 e. The number of thiazole rings is 1. The van der Waals surface area contributed by atoms with Crippen LogP contribution in [0, 0.1) is 19.7 Å². The van der Waals surface area contributed by atoms with Crippen LogP contribution >= 0.6 is 11.3 Å². The number of aromatic nitrogens is 1. The van der Waals surface area contributed by atoms with Crippen LogP contribution in [0.1, 0.15) is 46.8 Å². The largest absolute Gasteiger partial charge is 0.295 e. The minimum absolute atomic E-state index is 0.0841. The topological polar surface area (TPSA) is 52.9 Å². The molecule has 1 N–H and O–H groups in total. The molecule has 0 radical (unpaired) electrons. The lowest BCUT2D eigenvalue weighted by molar-refractivity contribution is 0.623. The van der Waals surface area contributed by atoms with Gasteiger partial charge in [-0.15, -0.1) is 10.2 Å². The van der Waals surface area contributed by atoms with Crippen LogP contribution in [0.25, 0.3) is 5.70 Å². The molecule has 0 amide bonds. The molecule has 7 heteroatoms. The Bertz CT molecular complexity index is 1470. The lowest BCUT2D eigenvalue weighted by atomic mass is 9.94. The molecule has 1 atom stereocenters. The first-order valence-electron chi connectivity index (χ1n) is 12.2. The summed E-state index contributed by atoms with van der Waals surface area (Å²) >= 11 is 1.50. The highest BCUT2D eigenvalue weighted by Gasteiger charge is 2.37. The number of azo groups is 1. The maximum absolute atomic E-state index is 13.8. The molecule has 5 nitrogen and oxygen atoms in total. The van der Waals surface area contributed by atoms with Crippen molar-refractivity contribution < 1.29 is 4.39 Å². The fraction of sp³-hybridized carbons (Fsp3) is 0.207. The number of nitrogens with one attached hydrogen (secondary N) is 1. The van der Waals surface area contributed by atoms with Crippen LogP contribution in [0.5, 0.6) is 0 Å². The molecule has 0 saturated heterocycles. The molecule has 0 fully saturated rings. The summed E-state index contributed by atoms with van der Waals surface area (Å²) in [7, 11) is 0. The monoisotopic (exact) mass is 495 g/mol. The lowest BCUT2D eigenvalue weighted by Gasteiger charge is -2.27. The maximum atomic E-state index is 13.8. The van der Waals surface area contributed by atoms with Crippen LogP contribution in [0.15, 0.2) is 88.6 Å². The van der Waals surface area contributed by atoms with E-state index in [1.54, 1.807) is 0 Å². The minimum atomic E-state index is -0.236. The van der Waals surface area contributed by atoms with Crippen molar-refractivity contribution in [3.8, 4) is 0 Å². The van der Waals surface area contributed by atoms with Gasteiger partial charge in [-0.1, -0.05) is 65.4 Å². The Kier molecular flexibility index (Phi) is 5.85. The minimum Gasteiger partial charge on any atom is -0.295 e. The molecular weight excluding hydrogens is 469 g/mol. The second kappa shape index (κ2) is 9.32. The summed E-state index contributed by atoms with van der Waals surface area (Å²) in [6.45, 7) is 4.01. The molecule has 0 unspecified atom stereocenters. The molecule has 2 heterocycles. The number of rotatable bonds is 4. The van der Waals surface area contributed by atoms with Gasteiger partial charge in [0, 0.05) is 5.56 Å². The van der Waals surface area contributed by atoms with E-state index in [2.05, 4.69) is 51.9 Å². The molecule has 1 aromatic heterocycles. The molecule has 6 rings (SSSR count). The maximum Gasteiger partial charge on any atom is 0.207 e. The first-order valence-corrected chi connectivity index (χ1v) is 13.0. The Morgan fingerprint density at radius 3 is 2.53 bits per heavy atom. The fourth-order valence-electron chi connectivity index (χ4n) is 4.93. The Labute approximate surface area is 214 Å². The Hall–Kier alpha value is -3.84. The van der Waals surface area contributed by atoms with Crippen LogP contribution in [0.2, 0.25) is 0 Å². The average Bonchev–Trinajstić information content (AvgIpc) is 3.39. The number of anilines is 1. The molecule has 0 saturated carbocycles. The van der Waals surface area contributed by atoms with Gasteiger partial charge in [0.1, 0.15) is 11.9 Å². The van der Waals surface area contributed by atoms with Crippen molar-refractivity contribution in [1.29, 1.82) is 0 Å². The van der Waals surface area contributed by atoms with Crippen molar-refractivity contribution >= 4 is 32.9 Å². The van der Waals surface area contributed by atoms with Crippen molar-refractivity contribution in [2.24, 2.45) is 10.2 Å². The van der Waals surface area contributed by atoms with Crippen LogP contribution in [-0.4, -0.2) is 4.98 Å². The van der Waals surface area contributed by atoms with Gasteiger partial charge in [0.15, 0.2) is 5.00 Å². The summed E-state index contributed by atoms with van der Waals surface area (Å²) in [5.74, 6) is -0.236. The van der Waals surface area contributed by atoms with E-state index in [0.717, 1.165) is 52.0 Å². The standard InChI is InChI=1S/C29H26FN5S/c1-18-10-16-23(17-11-18)32-33-28-19(2)31-29(36-28)35-27(21-12-14-22(30)15-13-21)25-9-5-7-20-6-3-4-8-24(20)26(25)34-35/h3-4,6,8,10-17,27,34H,5,7,9H2,1-2H3/t27-/m0/s1. The zero-order valence-electron chi connectivity index (χ0n) is 20.2. The number of benzene rings is 3. The highest BCUT2D eigenvalue weighted by atomic mass is 32.1. The SMILES string of the molecule is Cc1ccc(N=Nc2sc(N3NC4=C(CCCc5ccccc54)[C@@H]3c3ccc(F)cc3)nc2C)cc1. The van der Waals surface area contributed by atoms with Crippen molar-refractivity contribution in [2.45, 2.75) is 39.2 Å². The summed E-state index contributed by atoms with van der Waals surface area (Å²) in [5, 5.41) is 12.6. The first-order chi connectivity index (χ1) is 17.6. The quantitative estimate of drug-likeness (QED) is 0.291. The van der Waals surface area contributed by atoms with Gasteiger partial charge >= 0.3 is 0 Å². The molecule has 180 valence electrons. The molecule has 1 aliphatic heterocycles. The summed E-state index contributed by atoms with van der Waals surface area (Å²) in [4.78, 5) is 4.88. The lowest BCUT2D eigenvalue weighted by Crippen LogP contribution is -2.34. The molecule has 2 aliphatic rings. The summed E-state index contributed by atoms with van der Waals surface area (Å²) in [5.41, 5.74) is 12.6. The van der Waals surface area contributed by atoms with Gasteiger partial charge in [-0.05, 0) is 74.1 Å². The van der Waals surface area contributed by atoms with E-state index in [9.17, 15) is 4.39 Å². The van der Waals surface area contributed by atoms with Crippen LogP contribution in [0.3, 0.4) is 0 Å². The van der Waals surface area contributed by atoms with Gasteiger partial charge < -0.3 is 0 Å². The second-order valence-corrected chi connectivity index (χ2v) is 10.2. The summed E-state index contributed by atoms with van der Waals surface area (Å²) in [6, 6.07) is 23.3. The Morgan fingerprint density at radius 2 is 1.72 bits per heavy atom. The Balaban J connectivity index is 1.40. The summed E-state index contributed by atoms with van der Waals surface area (Å²) < 4.78 is 13.8. The van der Waals surface area contributed by atoms with Crippen molar-refractivity contribution in [3.05, 3.63) is 112 Å². The fourth-order valence-corrected chi connectivity index (χ4v) is 5.81. The van der Waals surface area contributed by atoms with E-state index in [4.69, 9.17) is 4.98 Å². The van der Waals surface area contributed by atoms with Crippen molar-refractivity contribution in [3.63, 3.8) is 0 Å². The molecule has 1 aliphatic carbocycles. The molecule has 4 aromatic rings. The van der Waals surface area contributed by atoms with E-state index in [-0.39, 0.29) is 11.9 Å². The van der Waals surface area contributed by atoms with Crippen molar-refractivity contribution in [2.75, 3.05) is 5.01 Å². The zero-order chi connectivity index (χ0) is 24.6. The number of nitrogens with zero attached hydrogens (tertiary/aromatic N) is 4. The van der Waals surface area contributed by atoms with Gasteiger partial charge in [-0.25, -0.2) is 14.4 Å². The number of hydrogen-bond acceptors (Lipinski definition) is 6. The predicted molar refractivity (Wildman–Crippen MR) is 143 cm³/mol. The third kappa shape index (κ3) is 4.20. The van der Waals surface area contributed by atoms with E-state index in [1.165, 1.54) is 45.7 Å². The molecule has 0 spiro atoms. The zero-order valence-corrected chi connectivity index (χ0v) is 21.0. The number of aryl methyl sites for hydroxylation is 3. The van der Waals surface area contributed by atoms with E-state index >= 15 is 0 Å². The van der Waals surface area contributed by atoms with E-state index in [1.807, 2.05) is 43.3 Å². The number of halogens is 1. The third-order valence-electron chi connectivity index (χ3n) is 6.76. The van der Waals surface area contributed by atoms with Gasteiger partial charge in [0.2, 0.25) is 5.13 Å². The summed E-state index contributed by atoms with van der Waals surface area (Å²) in [6.07, 6.45) is 3.07. The first kappa shape index (κ1) is 22.6. The average molecular weight is 496 g/mol. The molecule has 0 bridgehead atoms. The van der Waals surface area contributed by atoms with Crippen LogP contribution < -0.4 is 10.4 Å². The number of hydrogen-bond donors (Lipinski definition) is 1. The Morgan fingerprint density at radius 1 is 0.944 bits per heavy atom. The third-order valence-corrected chi connectivity index (χ3v) is 7.80. The molecular formula is C29H26FN5S. The van der Waals surface area contributed by atoms with Crippen LogP contribution in [0.4, 0.5) is 20.2 Å². The number of fused-ring (bicyclic) bond motifs is 2. The van der Waals surface area contributed by atoms with Gasteiger partial charge in [0.05, 0.1) is 17.1 Å². The predicted octanol–water partition coefficient (Wildman–Crippen LogP) is 8.13. The van der Waals surface area contributed by atoms with E-state index in [0.29, 0.717) is 0 Å². The highest BCUT2D eigenvalue weighted by Crippen LogP contribution is 2.47. The van der Waals surface area contributed by atoms with Gasteiger partial charge in [-0.3, -0.25) is 5.43 Å². The number of hydrazine groups is 1. The van der Waals surface area contributed by atoms with E-state index < -0.39 is 0 Å². The molecule has 3 aromatic carbocycles.